The van der Waals surface area contributed by atoms with Crippen molar-refractivity contribution in [3.63, 3.8) is 0 Å². The molecular weight excluding hydrogens is 288 g/mol. The zero-order chi connectivity index (χ0) is 14.5. The van der Waals surface area contributed by atoms with Crippen LogP contribution in [-0.4, -0.2) is 39.3 Å². The summed E-state index contributed by atoms with van der Waals surface area (Å²) < 4.78 is 5.41. The summed E-state index contributed by atoms with van der Waals surface area (Å²) in [7, 11) is 1.76. The highest BCUT2D eigenvalue weighted by molar-refractivity contribution is 5.85. The van der Waals surface area contributed by atoms with Gasteiger partial charge in [0.2, 0.25) is 5.91 Å². The number of methoxy groups -OCH3 is 1. The van der Waals surface area contributed by atoms with Gasteiger partial charge in [-0.15, -0.1) is 12.4 Å². The van der Waals surface area contributed by atoms with Crippen molar-refractivity contribution in [2.24, 2.45) is 10.8 Å². The van der Waals surface area contributed by atoms with Gasteiger partial charge in [0.1, 0.15) is 0 Å². The van der Waals surface area contributed by atoms with E-state index in [0.717, 1.165) is 64.8 Å². The molecule has 0 aromatic carbocycles. The molecule has 1 heterocycles. The van der Waals surface area contributed by atoms with E-state index in [1.54, 1.807) is 7.11 Å². The minimum absolute atomic E-state index is 0. The molecule has 0 spiro atoms. The van der Waals surface area contributed by atoms with Crippen LogP contribution >= 0.6 is 12.4 Å². The first-order valence-corrected chi connectivity index (χ1v) is 8.14. The first-order chi connectivity index (χ1) is 9.66. The molecule has 0 radical (unpaired) electrons. The largest absolute Gasteiger partial charge is 0.384 e. The Bertz CT molecular complexity index is 321. The van der Waals surface area contributed by atoms with Gasteiger partial charge < -0.3 is 15.4 Å². The van der Waals surface area contributed by atoms with Crippen LogP contribution < -0.4 is 10.6 Å². The van der Waals surface area contributed by atoms with Crippen molar-refractivity contribution < 1.29 is 9.53 Å². The van der Waals surface area contributed by atoms with Crippen molar-refractivity contribution in [2.45, 2.75) is 51.9 Å². The molecule has 2 fully saturated rings. The fourth-order valence-corrected chi connectivity index (χ4v) is 3.76. The van der Waals surface area contributed by atoms with Crippen molar-refractivity contribution in [3.8, 4) is 0 Å². The lowest BCUT2D eigenvalue weighted by Gasteiger charge is -2.42. The monoisotopic (exact) mass is 318 g/mol. The Labute approximate surface area is 135 Å². The normalized spacial score (nSPS) is 22.8. The van der Waals surface area contributed by atoms with Gasteiger partial charge in [-0.1, -0.05) is 19.8 Å². The number of carbonyl (C=O) groups excluding carboxylic acids is 1. The van der Waals surface area contributed by atoms with Crippen molar-refractivity contribution in [3.05, 3.63) is 0 Å². The van der Waals surface area contributed by atoms with Crippen LogP contribution in [0, 0.1) is 10.8 Å². The molecule has 5 heteroatoms. The van der Waals surface area contributed by atoms with Crippen LogP contribution in [-0.2, 0) is 9.53 Å². The van der Waals surface area contributed by atoms with Crippen LogP contribution in [0.1, 0.15) is 51.9 Å². The standard InChI is InChI=1S/C16H30N2O2.ClH/c1-3-5-16(6-4-7-16)14(19)18-12-15(13-20-2)8-10-17-11-9-15;/h17H,3-13H2,1-2H3,(H,18,19);1H. The molecule has 0 aromatic rings. The van der Waals surface area contributed by atoms with Crippen molar-refractivity contribution in [1.29, 1.82) is 0 Å². The Balaban J connectivity index is 0.00000220. The first-order valence-electron chi connectivity index (χ1n) is 8.14. The van der Waals surface area contributed by atoms with Gasteiger partial charge in [0.25, 0.3) is 0 Å². The summed E-state index contributed by atoms with van der Waals surface area (Å²) in [5, 5.41) is 6.65. The highest BCUT2D eigenvalue weighted by atomic mass is 35.5. The number of nitrogens with one attached hydrogen (secondary N) is 2. The third-order valence-corrected chi connectivity index (χ3v) is 5.26. The van der Waals surface area contributed by atoms with Crippen LogP contribution in [0.3, 0.4) is 0 Å². The Morgan fingerprint density at radius 1 is 1.24 bits per heavy atom. The van der Waals surface area contributed by atoms with Gasteiger partial charge in [-0.05, 0) is 45.2 Å². The van der Waals surface area contributed by atoms with Gasteiger partial charge in [-0.2, -0.15) is 0 Å². The molecule has 0 unspecified atom stereocenters. The Morgan fingerprint density at radius 3 is 2.38 bits per heavy atom. The summed E-state index contributed by atoms with van der Waals surface area (Å²) in [6.45, 7) is 5.74. The van der Waals surface area contributed by atoms with Crippen molar-refractivity contribution >= 4 is 18.3 Å². The number of hydrogen-bond acceptors (Lipinski definition) is 3. The molecule has 0 bridgehead atoms. The predicted molar refractivity (Wildman–Crippen MR) is 87.9 cm³/mol. The van der Waals surface area contributed by atoms with E-state index in [2.05, 4.69) is 17.6 Å². The lowest BCUT2D eigenvalue weighted by molar-refractivity contribution is -0.137. The van der Waals surface area contributed by atoms with E-state index in [0.29, 0.717) is 5.91 Å². The molecule has 124 valence electrons. The third kappa shape index (κ3) is 4.33. The Kier molecular flexibility index (Phi) is 7.45. The maximum atomic E-state index is 12.6. The van der Waals surface area contributed by atoms with Crippen molar-refractivity contribution in [2.75, 3.05) is 33.4 Å². The number of piperidine rings is 1. The molecule has 1 amide bonds. The van der Waals surface area contributed by atoms with E-state index in [1.807, 2.05) is 0 Å². The molecule has 0 atom stereocenters. The number of halogens is 1. The summed E-state index contributed by atoms with van der Waals surface area (Å²) in [6.07, 6.45) is 7.67. The second-order valence-electron chi connectivity index (χ2n) is 6.75. The smallest absolute Gasteiger partial charge is 0.226 e. The number of carbonyl (C=O) groups is 1. The van der Waals surface area contributed by atoms with E-state index >= 15 is 0 Å². The quantitative estimate of drug-likeness (QED) is 0.758. The van der Waals surface area contributed by atoms with E-state index in [4.69, 9.17) is 4.74 Å². The maximum absolute atomic E-state index is 12.6. The summed E-state index contributed by atoms with van der Waals surface area (Å²) in [6, 6.07) is 0. The van der Waals surface area contributed by atoms with Gasteiger partial charge in [-0.25, -0.2) is 0 Å². The highest BCUT2D eigenvalue weighted by Gasteiger charge is 2.44. The van der Waals surface area contributed by atoms with Gasteiger partial charge in [0, 0.05) is 24.5 Å². The number of hydrogen-bond donors (Lipinski definition) is 2. The van der Waals surface area contributed by atoms with Gasteiger partial charge in [0.05, 0.1) is 6.61 Å². The molecule has 2 rings (SSSR count). The summed E-state index contributed by atoms with van der Waals surface area (Å²) in [5.74, 6) is 0.291. The molecule has 1 saturated carbocycles. The summed E-state index contributed by atoms with van der Waals surface area (Å²) in [5.41, 5.74) is 0.0861. The SMILES string of the molecule is CCCC1(C(=O)NCC2(COC)CCNCC2)CCC1.Cl. The van der Waals surface area contributed by atoms with Gasteiger partial charge >= 0.3 is 0 Å². The van der Waals surface area contributed by atoms with Crippen LogP contribution in [0.25, 0.3) is 0 Å². The number of amides is 1. The summed E-state index contributed by atoms with van der Waals surface area (Å²) in [4.78, 5) is 12.6. The van der Waals surface area contributed by atoms with Gasteiger partial charge in [0.15, 0.2) is 0 Å². The van der Waals surface area contributed by atoms with Crippen LogP contribution in [0.15, 0.2) is 0 Å². The molecule has 4 nitrogen and oxygen atoms in total. The first kappa shape index (κ1) is 18.7. The second-order valence-corrected chi connectivity index (χ2v) is 6.75. The fraction of sp³-hybridized carbons (Fsp3) is 0.938. The minimum Gasteiger partial charge on any atom is -0.384 e. The molecule has 0 aromatic heterocycles. The molecule has 21 heavy (non-hydrogen) atoms. The molecule has 1 aliphatic heterocycles. The molecule has 1 aliphatic carbocycles. The van der Waals surface area contributed by atoms with E-state index < -0.39 is 0 Å². The van der Waals surface area contributed by atoms with E-state index in [1.165, 1.54) is 6.42 Å². The van der Waals surface area contributed by atoms with Crippen LogP contribution in [0.2, 0.25) is 0 Å². The average Bonchev–Trinajstić information content (AvgIpc) is 2.42. The Morgan fingerprint density at radius 2 is 1.90 bits per heavy atom. The lowest BCUT2D eigenvalue weighted by Crippen LogP contribution is -2.52. The zero-order valence-corrected chi connectivity index (χ0v) is 14.3. The minimum atomic E-state index is -0.0457. The van der Waals surface area contributed by atoms with Crippen LogP contribution in [0.4, 0.5) is 0 Å². The van der Waals surface area contributed by atoms with Crippen molar-refractivity contribution in [1.82, 2.24) is 10.6 Å². The number of rotatable bonds is 7. The predicted octanol–water partition coefficient (Wildman–Crippen LogP) is 2.51. The van der Waals surface area contributed by atoms with E-state index in [-0.39, 0.29) is 23.2 Å². The summed E-state index contributed by atoms with van der Waals surface area (Å²) >= 11 is 0. The molecule has 2 N–H and O–H groups in total. The zero-order valence-electron chi connectivity index (χ0n) is 13.5. The van der Waals surface area contributed by atoms with Crippen LogP contribution in [0.5, 0.6) is 0 Å². The van der Waals surface area contributed by atoms with E-state index in [9.17, 15) is 4.79 Å². The molecule has 2 aliphatic rings. The lowest BCUT2D eigenvalue weighted by atomic mass is 9.65. The third-order valence-electron chi connectivity index (χ3n) is 5.26. The number of ether oxygens (including phenoxy) is 1. The second kappa shape index (κ2) is 8.35. The Hall–Kier alpha value is -0.320. The fourth-order valence-electron chi connectivity index (χ4n) is 3.76. The topological polar surface area (TPSA) is 50.4 Å². The molecular formula is C16H31ClN2O2. The maximum Gasteiger partial charge on any atom is 0.226 e. The van der Waals surface area contributed by atoms with Gasteiger partial charge in [-0.3, -0.25) is 4.79 Å². The average molecular weight is 319 g/mol. The molecule has 1 saturated heterocycles. The highest BCUT2D eigenvalue weighted by Crippen LogP contribution is 2.45.